The van der Waals surface area contributed by atoms with Crippen LogP contribution in [-0.2, 0) is 4.84 Å². The molecular formula is C23H18ClF2N3O4. The van der Waals surface area contributed by atoms with Crippen LogP contribution < -0.4 is 16.4 Å². The molecule has 4 rings (SSSR count). The highest BCUT2D eigenvalue weighted by Crippen LogP contribution is 2.28. The first kappa shape index (κ1) is 22.6. The molecule has 2 aromatic carbocycles. The van der Waals surface area contributed by atoms with Crippen molar-refractivity contribution in [1.82, 2.24) is 10.0 Å². The van der Waals surface area contributed by atoms with Gasteiger partial charge in [-0.2, -0.15) is 0 Å². The van der Waals surface area contributed by atoms with Crippen LogP contribution in [0.15, 0.2) is 59.5 Å². The summed E-state index contributed by atoms with van der Waals surface area (Å²) in [5, 5.41) is 2.70. The predicted molar refractivity (Wildman–Crippen MR) is 118 cm³/mol. The van der Waals surface area contributed by atoms with Crippen molar-refractivity contribution in [3.05, 3.63) is 92.9 Å². The summed E-state index contributed by atoms with van der Waals surface area (Å²) in [7, 11) is 0. The summed E-state index contributed by atoms with van der Waals surface area (Å²) >= 11 is 6.15. The van der Waals surface area contributed by atoms with Gasteiger partial charge in [0.1, 0.15) is 17.3 Å². The Bertz CT molecular complexity index is 1270. The molecule has 0 saturated heterocycles. The largest absolute Gasteiger partial charge is 0.321 e. The molecule has 0 bridgehead atoms. The number of anilines is 1. The number of pyridine rings is 1. The molecule has 1 aliphatic carbocycles. The van der Waals surface area contributed by atoms with Crippen molar-refractivity contribution in [2.75, 3.05) is 11.9 Å². The highest BCUT2D eigenvalue weighted by atomic mass is 35.5. The molecule has 1 fully saturated rings. The van der Waals surface area contributed by atoms with Crippen LogP contribution in [0.1, 0.15) is 33.6 Å². The maximum absolute atomic E-state index is 14.1. The monoisotopic (exact) mass is 473 g/mol. The molecule has 2 N–H and O–H groups in total. The van der Waals surface area contributed by atoms with Gasteiger partial charge < -0.3 is 5.32 Å². The minimum atomic E-state index is -0.958. The standard InChI is InChI=1S/C23H18ClF2N3O4/c24-16-8-6-14(23(32)28-33-12-13-4-5-13)10-19(16)27-22(31)15-7-9-20(30)29(11-15)21-17(25)2-1-3-18(21)26/h1-3,6-11,13H,4-5,12H2,(H,27,31)(H,28,32). The number of amides is 2. The molecule has 0 atom stereocenters. The van der Waals surface area contributed by atoms with Gasteiger partial charge in [-0.1, -0.05) is 17.7 Å². The molecule has 1 saturated carbocycles. The van der Waals surface area contributed by atoms with Gasteiger partial charge in [-0.25, -0.2) is 14.3 Å². The van der Waals surface area contributed by atoms with Crippen LogP contribution in [0.2, 0.25) is 5.02 Å². The third-order valence-corrected chi connectivity index (χ3v) is 5.34. The number of hydrogen-bond acceptors (Lipinski definition) is 4. The fourth-order valence-electron chi connectivity index (χ4n) is 3.04. The predicted octanol–water partition coefficient (Wildman–Crippen LogP) is 4.09. The second kappa shape index (κ2) is 9.51. The lowest BCUT2D eigenvalue weighted by Gasteiger charge is -2.12. The SMILES string of the molecule is O=C(NOCC1CC1)c1ccc(Cl)c(NC(=O)c2ccc(=O)n(-c3c(F)cccc3F)c2)c1. The van der Waals surface area contributed by atoms with E-state index in [0.29, 0.717) is 17.1 Å². The van der Waals surface area contributed by atoms with Crippen LogP contribution in [0.25, 0.3) is 5.69 Å². The molecule has 3 aromatic rings. The van der Waals surface area contributed by atoms with Crippen molar-refractivity contribution >= 4 is 29.1 Å². The zero-order valence-electron chi connectivity index (χ0n) is 17.1. The Morgan fingerprint density at radius 3 is 2.42 bits per heavy atom. The quantitative estimate of drug-likeness (QED) is 0.506. The number of halogens is 3. The van der Waals surface area contributed by atoms with Gasteiger partial charge in [-0.3, -0.25) is 23.8 Å². The summed E-state index contributed by atoms with van der Waals surface area (Å²) in [5.41, 5.74) is 1.29. The van der Waals surface area contributed by atoms with Gasteiger partial charge in [-0.05, 0) is 55.2 Å². The van der Waals surface area contributed by atoms with Crippen LogP contribution in [0.3, 0.4) is 0 Å². The number of nitrogens with zero attached hydrogens (tertiary/aromatic N) is 1. The Hall–Kier alpha value is -3.56. The first-order valence-electron chi connectivity index (χ1n) is 10.0. The van der Waals surface area contributed by atoms with Gasteiger partial charge in [-0.15, -0.1) is 0 Å². The lowest BCUT2D eigenvalue weighted by Crippen LogP contribution is -2.25. The van der Waals surface area contributed by atoms with E-state index in [1.807, 2.05) is 0 Å². The van der Waals surface area contributed by atoms with E-state index in [9.17, 15) is 23.2 Å². The fourth-order valence-corrected chi connectivity index (χ4v) is 3.21. The fraction of sp³-hybridized carbons (Fsp3) is 0.174. The van der Waals surface area contributed by atoms with Gasteiger partial charge >= 0.3 is 0 Å². The number of hydrogen-bond donors (Lipinski definition) is 2. The first-order valence-corrected chi connectivity index (χ1v) is 10.4. The van der Waals surface area contributed by atoms with E-state index in [2.05, 4.69) is 10.8 Å². The maximum Gasteiger partial charge on any atom is 0.274 e. The first-order chi connectivity index (χ1) is 15.8. The van der Waals surface area contributed by atoms with Gasteiger partial charge in [0.05, 0.1) is 22.9 Å². The molecule has 1 heterocycles. The normalized spacial score (nSPS) is 12.9. The minimum absolute atomic E-state index is 0.0593. The highest BCUT2D eigenvalue weighted by Gasteiger charge is 2.22. The summed E-state index contributed by atoms with van der Waals surface area (Å²) in [6.45, 7) is 0.432. The number of carbonyl (C=O) groups excluding carboxylic acids is 2. The highest BCUT2D eigenvalue weighted by molar-refractivity contribution is 6.34. The Kier molecular flexibility index (Phi) is 6.52. The minimum Gasteiger partial charge on any atom is -0.321 e. The summed E-state index contributed by atoms with van der Waals surface area (Å²) in [5.74, 6) is -2.66. The van der Waals surface area contributed by atoms with E-state index in [4.69, 9.17) is 16.4 Å². The number of aromatic nitrogens is 1. The third kappa shape index (κ3) is 5.27. The van der Waals surface area contributed by atoms with Crippen LogP contribution in [0.5, 0.6) is 0 Å². The topological polar surface area (TPSA) is 89.4 Å². The number of nitrogens with one attached hydrogen (secondary N) is 2. The Morgan fingerprint density at radius 1 is 1.03 bits per heavy atom. The second-order valence-corrected chi connectivity index (χ2v) is 7.94. The molecule has 0 aliphatic heterocycles. The van der Waals surface area contributed by atoms with Crippen molar-refractivity contribution in [2.24, 2.45) is 5.92 Å². The molecular weight excluding hydrogens is 456 g/mol. The Morgan fingerprint density at radius 2 is 1.73 bits per heavy atom. The third-order valence-electron chi connectivity index (χ3n) is 5.01. The number of benzene rings is 2. The van der Waals surface area contributed by atoms with E-state index >= 15 is 0 Å². The molecule has 0 spiro atoms. The van der Waals surface area contributed by atoms with Crippen molar-refractivity contribution in [3.8, 4) is 5.69 Å². The van der Waals surface area contributed by atoms with Crippen molar-refractivity contribution < 1.29 is 23.2 Å². The van der Waals surface area contributed by atoms with E-state index < -0.39 is 34.7 Å². The van der Waals surface area contributed by atoms with Crippen LogP contribution in [0, 0.1) is 17.6 Å². The maximum atomic E-state index is 14.1. The lowest BCUT2D eigenvalue weighted by molar-refractivity contribution is 0.0270. The zero-order valence-corrected chi connectivity index (χ0v) is 17.9. The van der Waals surface area contributed by atoms with Crippen LogP contribution in [-0.4, -0.2) is 23.0 Å². The van der Waals surface area contributed by atoms with Gasteiger partial charge in [0.2, 0.25) is 0 Å². The van der Waals surface area contributed by atoms with Crippen LogP contribution >= 0.6 is 11.6 Å². The van der Waals surface area contributed by atoms with Gasteiger partial charge in [0, 0.05) is 17.8 Å². The molecule has 170 valence electrons. The number of para-hydroxylation sites is 1. The Balaban J connectivity index is 1.54. The van der Waals surface area contributed by atoms with Gasteiger partial charge in [0.25, 0.3) is 17.4 Å². The zero-order chi connectivity index (χ0) is 23.5. The summed E-state index contributed by atoms with van der Waals surface area (Å²) in [6, 6.07) is 9.66. The summed E-state index contributed by atoms with van der Waals surface area (Å²) < 4.78 is 29.0. The van der Waals surface area contributed by atoms with E-state index in [1.54, 1.807) is 0 Å². The molecule has 33 heavy (non-hydrogen) atoms. The molecule has 0 unspecified atom stereocenters. The molecule has 0 radical (unpaired) electrons. The molecule has 7 nitrogen and oxygen atoms in total. The molecule has 10 heteroatoms. The number of hydroxylamine groups is 1. The lowest BCUT2D eigenvalue weighted by atomic mass is 10.1. The van der Waals surface area contributed by atoms with E-state index in [1.165, 1.54) is 24.3 Å². The number of carbonyl (C=O) groups is 2. The van der Waals surface area contributed by atoms with Crippen molar-refractivity contribution in [2.45, 2.75) is 12.8 Å². The molecule has 1 aromatic heterocycles. The van der Waals surface area contributed by atoms with E-state index in [0.717, 1.165) is 43.3 Å². The van der Waals surface area contributed by atoms with E-state index in [-0.39, 0.29) is 21.8 Å². The summed E-state index contributed by atoms with van der Waals surface area (Å²) in [4.78, 5) is 42.4. The molecule has 2 amide bonds. The Labute approximate surface area is 191 Å². The number of rotatable bonds is 7. The van der Waals surface area contributed by atoms with Crippen molar-refractivity contribution in [3.63, 3.8) is 0 Å². The molecule has 1 aliphatic rings. The van der Waals surface area contributed by atoms with Crippen molar-refractivity contribution in [1.29, 1.82) is 0 Å². The average Bonchev–Trinajstić information content (AvgIpc) is 3.60. The second-order valence-electron chi connectivity index (χ2n) is 7.53. The summed E-state index contributed by atoms with van der Waals surface area (Å²) in [6.07, 6.45) is 3.17. The smallest absolute Gasteiger partial charge is 0.274 e. The van der Waals surface area contributed by atoms with Gasteiger partial charge in [0.15, 0.2) is 0 Å². The van der Waals surface area contributed by atoms with Crippen LogP contribution in [0.4, 0.5) is 14.5 Å². The average molecular weight is 474 g/mol.